The molecule has 0 radical (unpaired) electrons. The van der Waals surface area contributed by atoms with Gasteiger partial charge in [-0.05, 0) is 29.8 Å². The van der Waals surface area contributed by atoms with E-state index in [2.05, 4.69) is 11.8 Å². The molecule has 0 unspecified atom stereocenters. The van der Waals surface area contributed by atoms with Crippen molar-refractivity contribution in [2.24, 2.45) is 0 Å². The summed E-state index contributed by atoms with van der Waals surface area (Å²) in [5.74, 6) is 5.98. The van der Waals surface area contributed by atoms with Crippen LogP contribution >= 0.6 is 0 Å². The largest absolute Gasteiger partial charge is 0.298 e. The summed E-state index contributed by atoms with van der Waals surface area (Å²) in [5.41, 5.74) is 2.70. The van der Waals surface area contributed by atoms with Crippen LogP contribution in [0.5, 0.6) is 0 Å². The van der Waals surface area contributed by atoms with Gasteiger partial charge >= 0.3 is 0 Å². The summed E-state index contributed by atoms with van der Waals surface area (Å²) in [6, 6.07) is 17.2. The molecule has 0 heterocycles. The number of aldehydes is 1. The number of carbonyl (C=O) groups is 1. The van der Waals surface area contributed by atoms with E-state index < -0.39 is 0 Å². The molecule has 18 heavy (non-hydrogen) atoms. The Hall–Kier alpha value is -2.59. The van der Waals surface area contributed by atoms with Crippen LogP contribution in [0.25, 0.3) is 6.08 Å². The van der Waals surface area contributed by atoms with E-state index in [4.69, 9.17) is 0 Å². The number of allylic oxidation sites excluding steroid dienone is 1. The third kappa shape index (κ3) is 3.47. The van der Waals surface area contributed by atoms with Crippen molar-refractivity contribution < 1.29 is 4.79 Å². The van der Waals surface area contributed by atoms with Crippen molar-refractivity contribution >= 4 is 12.4 Å². The molecule has 0 N–H and O–H groups in total. The van der Waals surface area contributed by atoms with Gasteiger partial charge in [-0.1, -0.05) is 54.3 Å². The van der Waals surface area contributed by atoms with Crippen molar-refractivity contribution in [3.05, 3.63) is 77.4 Å². The quantitative estimate of drug-likeness (QED) is 0.571. The van der Waals surface area contributed by atoms with E-state index in [0.717, 1.165) is 17.4 Å². The highest BCUT2D eigenvalue weighted by molar-refractivity contribution is 5.74. The van der Waals surface area contributed by atoms with E-state index in [-0.39, 0.29) is 0 Å². The van der Waals surface area contributed by atoms with E-state index in [1.807, 2.05) is 54.6 Å². The molecule has 0 saturated carbocycles. The van der Waals surface area contributed by atoms with Gasteiger partial charge in [-0.25, -0.2) is 0 Å². The second-order valence-electron chi connectivity index (χ2n) is 3.75. The molecule has 0 saturated heterocycles. The summed E-state index contributed by atoms with van der Waals surface area (Å²) in [6.45, 7) is 0. The summed E-state index contributed by atoms with van der Waals surface area (Å²) < 4.78 is 0. The highest BCUT2D eigenvalue weighted by Crippen LogP contribution is 2.02. The minimum absolute atomic E-state index is 0.667. The Labute approximate surface area is 107 Å². The normalized spacial score (nSPS) is 9.78. The van der Waals surface area contributed by atoms with Crippen LogP contribution in [0, 0.1) is 11.8 Å². The van der Waals surface area contributed by atoms with Gasteiger partial charge < -0.3 is 0 Å². The Bertz CT molecular complexity index is 596. The molecule has 0 spiro atoms. The number of hydrogen-bond acceptors (Lipinski definition) is 1. The molecule has 0 aliphatic carbocycles. The average molecular weight is 232 g/mol. The molecule has 0 aliphatic rings. The molecule has 86 valence electrons. The number of benzene rings is 2. The standard InChI is InChI=1S/C17H12O/c18-14-17-12-10-16(11-13-17)9-5-4-8-15-6-2-1-3-7-15/h1-4,6-8,10-14H/b8-4+. The molecule has 2 rings (SSSR count). The lowest BCUT2D eigenvalue weighted by atomic mass is 10.1. The van der Waals surface area contributed by atoms with Gasteiger partial charge in [-0.2, -0.15) is 0 Å². The van der Waals surface area contributed by atoms with Crippen LogP contribution < -0.4 is 0 Å². The summed E-state index contributed by atoms with van der Waals surface area (Å²) >= 11 is 0. The zero-order valence-corrected chi connectivity index (χ0v) is 9.84. The summed E-state index contributed by atoms with van der Waals surface area (Å²) in [7, 11) is 0. The Morgan fingerprint density at radius 3 is 2.22 bits per heavy atom. The van der Waals surface area contributed by atoms with Crippen molar-refractivity contribution in [2.45, 2.75) is 0 Å². The van der Waals surface area contributed by atoms with Gasteiger partial charge in [0.05, 0.1) is 0 Å². The van der Waals surface area contributed by atoms with Crippen LogP contribution in [0.1, 0.15) is 21.5 Å². The molecular weight excluding hydrogens is 220 g/mol. The summed E-state index contributed by atoms with van der Waals surface area (Å²) in [4.78, 5) is 10.5. The third-order valence-corrected chi connectivity index (χ3v) is 2.42. The Morgan fingerprint density at radius 2 is 1.56 bits per heavy atom. The fourth-order valence-electron chi connectivity index (χ4n) is 1.47. The van der Waals surface area contributed by atoms with Crippen molar-refractivity contribution in [2.75, 3.05) is 0 Å². The van der Waals surface area contributed by atoms with Crippen molar-refractivity contribution in [1.82, 2.24) is 0 Å². The second-order valence-corrected chi connectivity index (χ2v) is 3.75. The van der Waals surface area contributed by atoms with Crippen molar-refractivity contribution in [1.29, 1.82) is 0 Å². The molecule has 0 amide bonds. The molecule has 2 aromatic rings. The van der Waals surface area contributed by atoms with E-state index in [1.54, 1.807) is 12.1 Å². The smallest absolute Gasteiger partial charge is 0.150 e. The average Bonchev–Trinajstić information content (AvgIpc) is 2.45. The zero-order chi connectivity index (χ0) is 12.6. The lowest BCUT2D eigenvalue weighted by Gasteiger charge is -1.90. The number of carbonyl (C=O) groups excluding carboxylic acids is 1. The van der Waals surface area contributed by atoms with E-state index in [0.29, 0.717) is 5.56 Å². The minimum atomic E-state index is 0.667. The molecule has 0 atom stereocenters. The molecule has 0 aromatic heterocycles. The van der Waals surface area contributed by atoms with Gasteiger partial charge in [0, 0.05) is 11.1 Å². The maximum atomic E-state index is 10.5. The molecule has 1 heteroatoms. The molecule has 0 fully saturated rings. The van der Waals surface area contributed by atoms with Crippen LogP contribution in [-0.2, 0) is 0 Å². The molecular formula is C17H12O. The monoisotopic (exact) mass is 232 g/mol. The SMILES string of the molecule is O=Cc1ccc(C#C/C=C/c2ccccc2)cc1. The van der Waals surface area contributed by atoms with Gasteiger partial charge in [0.1, 0.15) is 6.29 Å². The van der Waals surface area contributed by atoms with Crippen molar-refractivity contribution in [3.63, 3.8) is 0 Å². The minimum Gasteiger partial charge on any atom is -0.298 e. The predicted molar refractivity (Wildman–Crippen MR) is 74.2 cm³/mol. The first kappa shape index (κ1) is 11.9. The summed E-state index contributed by atoms with van der Waals surface area (Å²) in [6.07, 6.45) is 4.61. The third-order valence-electron chi connectivity index (χ3n) is 2.42. The zero-order valence-electron chi connectivity index (χ0n) is 9.84. The lowest BCUT2D eigenvalue weighted by Crippen LogP contribution is -1.79. The van der Waals surface area contributed by atoms with E-state index in [1.165, 1.54) is 0 Å². The van der Waals surface area contributed by atoms with Crippen LogP contribution in [0.15, 0.2) is 60.7 Å². The maximum absolute atomic E-state index is 10.5. The first-order valence-corrected chi connectivity index (χ1v) is 5.67. The highest BCUT2D eigenvalue weighted by atomic mass is 16.1. The lowest BCUT2D eigenvalue weighted by molar-refractivity contribution is 0.112. The molecule has 0 bridgehead atoms. The number of rotatable bonds is 2. The van der Waals surface area contributed by atoms with E-state index in [9.17, 15) is 4.79 Å². The molecule has 0 aliphatic heterocycles. The first-order chi connectivity index (χ1) is 8.88. The van der Waals surface area contributed by atoms with Crippen LogP contribution in [0.3, 0.4) is 0 Å². The molecule has 1 nitrogen and oxygen atoms in total. The van der Waals surface area contributed by atoms with Gasteiger partial charge in [0.2, 0.25) is 0 Å². The molecule has 2 aromatic carbocycles. The highest BCUT2D eigenvalue weighted by Gasteiger charge is 1.88. The first-order valence-electron chi connectivity index (χ1n) is 5.67. The van der Waals surface area contributed by atoms with Crippen LogP contribution in [0.2, 0.25) is 0 Å². The van der Waals surface area contributed by atoms with Crippen molar-refractivity contribution in [3.8, 4) is 11.8 Å². The Morgan fingerprint density at radius 1 is 0.833 bits per heavy atom. The Kier molecular flexibility index (Phi) is 4.11. The van der Waals surface area contributed by atoms with Gasteiger partial charge in [0.25, 0.3) is 0 Å². The van der Waals surface area contributed by atoms with Crippen LogP contribution in [-0.4, -0.2) is 6.29 Å². The van der Waals surface area contributed by atoms with E-state index >= 15 is 0 Å². The van der Waals surface area contributed by atoms with Gasteiger partial charge in [-0.3, -0.25) is 4.79 Å². The van der Waals surface area contributed by atoms with Crippen LogP contribution in [0.4, 0.5) is 0 Å². The number of hydrogen-bond donors (Lipinski definition) is 0. The van der Waals surface area contributed by atoms with Gasteiger partial charge in [0.15, 0.2) is 0 Å². The summed E-state index contributed by atoms with van der Waals surface area (Å²) in [5, 5.41) is 0. The second kappa shape index (κ2) is 6.22. The van der Waals surface area contributed by atoms with Gasteiger partial charge in [-0.15, -0.1) is 0 Å². The maximum Gasteiger partial charge on any atom is 0.150 e. The predicted octanol–water partition coefficient (Wildman–Crippen LogP) is 3.56. The Balaban J connectivity index is 2.04. The fourth-order valence-corrected chi connectivity index (χ4v) is 1.47. The topological polar surface area (TPSA) is 17.1 Å². The fraction of sp³-hybridized carbons (Fsp3) is 0.